The third kappa shape index (κ3) is 4.29. The van der Waals surface area contributed by atoms with Crippen molar-refractivity contribution in [2.45, 2.75) is 13.3 Å². The van der Waals surface area contributed by atoms with E-state index in [1.165, 1.54) is 0 Å². The van der Waals surface area contributed by atoms with Crippen molar-refractivity contribution in [2.24, 2.45) is 0 Å². The number of carbonyl (C=O) groups excluding carboxylic acids is 2. The molecule has 5 heteroatoms. The van der Waals surface area contributed by atoms with E-state index >= 15 is 0 Å². The highest BCUT2D eigenvalue weighted by atomic mass is 16.6. The van der Waals surface area contributed by atoms with Gasteiger partial charge in [0.2, 0.25) is 5.91 Å². The highest BCUT2D eigenvalue weighted by Crippen LogP contribution is 2.15. The molecule has 5 nitrogen and oxygen atoms in total. The number of nitrogens with one attached hydrogen (secondary N) is 2. The molecular formula is C16H18N2O3. The summed E-state index contributed by atoms with van der Waals surface area (Å²) in [5.74, 6) is -0.444. The topological polar surface area (TPSA) is 67.4 Å². The fourth-order valence-corrected chi connectivity index (χ4v) is 1.93. The number of hydroxylamine groups is 1. The molecule has 0 aliphatic carbocycles. The van der Waals surface area contributed by atoms with E-state index in [9.17, 15) is 9.59 Å². The van der Waals surface area contributed by atoms with Gasteiger partial charge in [-0.15, -0.1) is 0 Å². The third-order valence-corrected chi connectivity index (χ3v) is 2.98. The second kappa shape index (κ2) is 7.40. The lowest BCUT2D eigenvalue weighted by molar-refractivity contribution is -0.133. The Kier molecular flexibility index (Phi) is 5.29. The van der Waals surface area contributed by atoms with Crippen LogP contribution < -0.4 is 10.8 Å². The van der Waals surface area contributed by atoms with Crippen molar-refractivity contribution in [3.63, 3.8) is 0 Å². The molecule has 0 saturated heterocycles. The minimum atomic E-state index is -0.254. The molecule has 0 aliphatic rings. The quantitative estimate of drug-likeness (QED) is 0.798. The molecule has 2 rings (SSSR count). The SMILES string of the molecule is CCONC(=O)CCNC(=O)c1ccc2ccccc2c1. The first-order valence-corrected chi connectivity index (χ1v) is 6.88. The predicted octanol–water partition coefficient (Wildman–Crippen LogP) is 2.03. The van der Waals surface area contributed by atoms with Crippen LogP contribution in [0, 0.1) is 0 Å². The summed E-state index contributed by atoms with van der Waals surface area (Å²) in [4.78, 5) is 28.1. The molecule has 0 spiro atoms. The van der Waals surface area contributed by atoms with Gasteiger partial charge in [0.25, 0.3) is 5.91 Å². The van der Waals surface area contributed by atoms with Gasteiger partial charge in [-0.3, -0.25) is 14.4 Å². The Bertz CT molecular complexity index is 640. The van der Waals surface area contributed by atoms with Gasteiger partial charge in [0, 0.05) is 18.5 Å². The Balaban J connectivity index is 1.88. The van der Waals surface area contributed by atoms with Crippen LogP contribution in [0.2, 0.25) is 0 Å². The molecule has 0 saturated carbocycles. The maximum atomic E-state index is 12.0. The van der Waals surface area contributed by atoms with Gasteiger partial charge in [-0.2, -0.15) is 0 Å². The molecule has 2 amide bonds. The Hall–Kier alpha value is -2.40. The van der Waals surface area contributed by atoms with Crippen molar-refractivity contribution in [3.8, 4) is 0 Å². The van der Waals surface area contributed by atoms with Crippen LogP contribution >= 0.6 is 0 Å². The zero-order valence-electron chi connectivity index (χ0n) is 11.9. The number of amides is 2. The Morgan fingerprint density at radius 3 is 2.62 bits per heavy atom. The maximum absolute atomic E-state index is 12.0. The van der Waals surface area contributed by atoms with E-state index in [0.717, 1.165) is 10.8 Å². The van der Waals surface area contributed by atoms with Crippen LogP contribution in [0.25, 0.3) is 10.8 Å². The lowest BCUT2D eigenvalue weighted by Gasteiger charge is -2.07. The van der Waals surface area contributed by atoms with Gasteiger partial charge in [0.1, 0.15) is 0 Å². The van der Waals surface area contributed by atoms with Crippen LogP contribution in [0.1, 0.15) is 23.7 Å². The maximum Gasteiger partial charge on any atom is 0.251 e. The highest BCUT2D eigenvalue weighted by molar-refractivity contribution is 5.98. The summed E-state index contributed by atoms with van der Waals surface area (Å²) in [5.41, 5.74) is 2.86. The summed E-state index contributed by atoms with van der Waals surface area (Å²) in [6.45, 7) is 2.46. The first-order valence-electron chi connectivity index (χ1n) is 6.88. The van der Waals surface area contributed by atoms with E-state index < -0.39 is 0 Å². The molecule has 0 unspecified atom stereocenters. The van der Waals surface area contributed by atoms with Crippen LogP contribution in [0.4, 0.5) is 0 Å². The van der Waals surface area contributed by atoms with Crippen molar-refractivity contribution in [2.75, 3.05) is 13.2 Å². The minimum Gasteiger partial charge on any atom is -0.352 e. The van der Waals surface area contributed by atoms with Crippen LogP contribution in [0.3, 0.4) is 0 Å². The van der Waals surface area contributed by atoms with E-state index in [0.29, 0.717) is 12.2 Å². The molecule has 2 aromatic carbocycles. The largest absolute Gasteiger partial charge is 0.352 e. The summed E-state index contributed by atoms with van der Waals surface area (Å²) < 4.78 is 0. The van der Waals surface area contributed by atoms with Gasteiger partial charge in [-0.1, -0.05) is 30.3 Å². The first-order chi connectivity index (χ1) is 10.2. The van der Waals surface area contributed by atoms with Crippen molar-refractivity contribution >= 4 is 22.6 Å². The van der Waals surface area contributed by atoms with E-state index in [1.54, 1.807) is 13.0 Å². The van der Waals surface area contributed by atoms with E-state index in [2.05, 4.69) is 10.8 Å². The molecule has 0 aliphatic heterocycles. The van der Waals surface area contributed by atoms with E-state index in [4.69, 9.17) is 4.84 Å². The molecular weight excluding hydrogens is 268 g/mol. The molecule has 0 heterocycles. The van der Waals surface area contributed by atoms with Gasteiger partial charge >= 0.3 is 0 Å². The fourth-order valence-electron chi connectivity index (χ4n) is 1.93. The van der Waals surface area contributed by atoms with Crippen LogP contribution in [0.5, 0.6) is 0 Å². The molecule has 2 aromatic rings. The minimum absolute atomic E-state index is 0.180. The molecule has 0 atom stereocenters. The van der Waals surface area contributed by atoms with Crippen molar-refractivity contribution in [1.82, 2.24) is 10.8 Å². The third-order valence-electron chi connectivity index (χ3n) is 2.98. The van der Waals surface area contributed by atoms with Gasteiger partial charge in [0.05, 0.1) is 6.61 Å². The standard InChI is InChI=1S/C16H18N2O3/c1-2-21-18-15(19)9-10-17-16(20)14-8-7-12-5-3-4-6-13(12)11-14/h3-8,11H,2,9-10H2,1H3,(H,17,20)(H,18,19). The second-order valence-electron chi connectivity index (χ2n) is 4.53. The number of rotatable bonds is 6. The van der Waals surface area contributed by atoms with Crippen molar-refractivity contribution < 1.29 is 14.4 Å². The van der Waals surface area contributed by atoms with Crippen molar-refractivity contribution in [3.05, 3.63) is 48.0 Å². The zero-order valence-corrected chi connectivity index (χ0v) is 11.9. The molecule has 0 bridgehead atoms. The monoisotopic (exact) mass is 286 g/mol. The van der Waals surface area contributed by atoms with Gasteiger partial charge in [-0.05, 0) is 29.8 Å². The fraction of sp³-hybridized carbons (Fsp3) is 0.250. The second-order valence-corrected chi connectivity index (χ2v) is 4.53. The lowest BCUT2D eigenvalue weighted by atomic mass is 10.1. The average Bonchev–Trinajstić information content (AvgIpc) is 2.52. The number of carbonyl (C=O) groups is 2. The van der Waals surface area contributed by atoms with Crippen LogP contribution in [0.15, 0.2) is 42.5 Å². The van der Waals surface area contributed by atoms with Crippen molar-refractivity contribution in [1.29, 1.82) is 0 Å². The molecule has 0 aromatic heterocycles. The van der Waals surface area contributed by atoms with Gasteiger partial charge in [-0.25, -0.2) is 5.48 Å². The van der Waals surface area contributed by atoms with E-state index in [1.807, 2.05) is 36.4 Å². The lowest BCUT2D eigenvalue weighted by Crippen LogP contribution is -2.30. The molecule has 0 fully saturated rings. The Morgan fingerprint density at radius 1 is 1.10 bits per heavy atom. The zero-order chi connectivity index (χ0) is 15.1. The van der Waals surface area contributed by atoms with Crippen LogP contribution in [-0.4, -0.2) is 25.0 Å². The summed E-state index contributed by atoms with van der Waals surface area (Å²) >= 11 is 0. The summed E-state index contributed by atoms with van der Waals surface area (Å²) in [6.07, 6.45) is 0.180. The smallest absolute Gasteiger partial charge is 0.251 e. The molecule has 21 heavy (non-hydrogen) atoms. The van der Waals surface area contributed by atoms with E-state index in [-0.39, 0.29) is 24.8 Å². The number of hydrogen-bond donors (Lipinski definition) is 2. The van der Waals surface area contributed by atoms with Gasteiger partial charge < -0.3 is 5.32 Å². The number of benzene rings is 2. The Labute approximate surface area is 123 Å². The van der Waals surface area contributed by atoms with Crippen LogP contribution in [-0.2, 0) is 9.63 Å². The molecule has 0 radical (unpaired) electrons. The molecule has 2 N–H and O–H groups in total. The predicted molar refractivity (Wildman–Crippen MR) is 80.7 cm³/mol. The molecule has 110 valence electrons. The highest BCUT2D eigenvalue weighted by Gasteiger charge is 2.07. The summed E-state index contributed by atoms with van der Waals surface area (Å²) in [6, 6.07) is 13.4. The summed E-state index contributed by atoms with van der Waals surface area (Å²) in [5, 5.41) is 4.82. The van der Waals surface area contributed by atoms with Gasteiger partial charge in [0.15, 0.2) is 0 Å². The first kappa shape index (κ1) is 15.0. The Morgan fingerprint density at radius 2 is 1.86 bits per heavy atom. The normalized spacial score (nSPS) is 10.3. The average molecular weight is 286 g/mol. The number of fused-ring (bicyclic) bond motifs is 1. The number of hydrogen-bond acceptors (Lipinski definition) is 3. The summed E-state index contributed by atoms with van der Waals surface area (Å²) in [7, 11) is 0.